The third-order valence-electron chi connectivity index (χ3n) is 1.64. The number of hydrogen-bond donors (Lipinski definition) is 1. The van der Waals surface area contributed by atoms with Gasteiger partial charge in [0.05, 0.1) is 5.92 Å². The van der Waals surface area contributed by atoms with Gasteiger partial charge >= 0.3 is 5.97 Å². The number of rotatable bonds is 5. The fourth-order valence-electron chi connectivity index (χ4n) is 0.708. The second kappa shape index (κ2) is 5.31. The van der Waals surface area contributed by atoms with E-state index in [2.05, 4.69) is 9.36 Å². The number of carboxylic acid groups (broad SMARTS) is 1. The molecule has 78 valence electrons. The van der Waals surface area contributed by atoms with Crippen molar-refractivity contribution in [3.63, 3.8) is 0 Å². The molecule has 1 rings (SSSR count). The highest BCUT2D eigenvalue weighted by Gasteiger charge is 2.12. The van der Waals surface area contributed by atoms with Crippen LogP contribution in [0.5, 0.6) is 0 Å². The lowest BCUT2D eigenvalue weighted by molar-refractivity contribution is -0.140. The number of aliphatic carboxylic acids is 1. The molecule has 1 atom stereocenters. The smallest absolute Gasteiger partial charge is 0.307 e. The summed E-state index contributed by atoms with van der Waals surface area (Å²) in [5, 5.41) is 8.67. The maximum Gasteiger partial charge on any atom is 0.307 e. The summed E-state index contributed by atoms with van der Waals surface area (Å²) < 4.78 is 4.98. The zero-order valence-corrected chi connectivity index (χ0v) is 9.69. The van der Waals surface area contributed by atoms with Crippen LogP contribution in [0.2, 0.25) is 0 Å². The summed E-state index contributed by atoms with van der Waals surface area (Å²) in [5.74, 6) is 0.278. The van der Waals surface area contributed by atoms with E-state index in [9.17, 15) is 4.79 Å². The average molecular weight is 232 g/mol. The molecule has 0 bridgehead atoms. The molecule has 1 heterocycles. The molecule has 6 heteroatoms. The highest BCUT2D eigenvalue weighted by atomic mass is 32.2. The first-order valence-corrected chi connectivity index (χ1v) is 6.07. The number of carboxylic acids is 1. The monoisotopic (exact) mass is 232 g/mol. The minimum absolute atomic E-state index is 0.339. The highest BCUT2D eigenvalue weighted by molar-refractivity contribution is 8.00. The summed E-state index contributed by atoms with van der Waals surface area (Å²) in [7, 11) is 0. The summed E-state index contributed by atoms with van der Waals surface area (Å²) >= 11 is 2.79. The van der Waals surface area contributed by atoms with Crippen molar-refractivity contribution in [3.05, 3.63) is 5.82 Å². The number of aromatic nitrogens is 2. The van der Waals surface area contributed by atoms with Crippen molar-refractivity contribution in [2.75, 3.05) is 5.75 Å². The largest absolute Gasteiger partial charge is 0.481 e. The van der Waals surface area contributed by atoms with Crippen LogP contribution in [0.25, 0.3) is 0 Å². The summed E-state index contributed by atoms with van der Waals surface area (Å²) in [6.45, 7) is 3.69. The van der Waals surface area contributed by atoms with Crippen molar-refractivity contribution in [1.82, 2.24) is 9.36 Å². The quantitative estimate of drug-likeness (QED) is 0.786. The molecule has 0 spiro atoms. The minimum atomic E-state index is -0.766. The molecule has 1 aromatic rings. The predicted molar refractivity (Wildman–Crippen MR) is 56.8 cm³/mol. The lowest BCUT2D eigenvalue weighted by Crippen LogP contribution is -2.11. The van der Waals surface area contributed by atoms with Crippen LogP contribution in [-0.2, 0) is 11.2 Å². The molecule has 1 N–H and O–H groups in total. The molecule has 0 saturated carbocycles. The minimum Gasteiger partial charge on any atom is -0.481 e. The Morgan fingerprint density at radius 2 is 2.43 bits per heavy atom. The first kappa shape index (κ1) is 11.5. The van der Waals surface area contributed by atoms with Gasteiger partial charge in [-0.3, -0.25) is 4.79 Å². The van der Waals surface area contributed by atoms with E-state index >= 15 is 0 Å². The van der Waals surface area contributed by atoms with Crippen LogP contribution >= 0.6 is 23.3 Å². The van der Waals surface area contributed by atoms with Crippen LogP contribution in [-0.4, -0.2) is 26.2 Å². The van der Waals surface area contributed by atoms with Gasteiger partial charge in [-0.1, -0.05) is 25.6 Å². The van der Waals surface area contributed by atoms with Gasteiger partial charge in [-0.05, 0) is 11.5 Å². The Balaban J connectivity index is 2.41. The molecule has 0 amide bonds. The van der Waals surface area contributed by atoms with Gasteiger partial charge in [0.25, 0.3) is 0 Å². The van der Waals surface area contributed by atoms with Crippen molar-refractivity contribution >= 4 is 29.3 Å². The van der Waals surface area contributed by atoms with Crippen LogP contribution in [0.1, 0.15) is 19.7 Å². The van der Waals surface area contributed by atoms with Crippen molar-refractivity contribution in [3.8, 4) is 0 Å². The van der Waals surface area contributed by atoms with Crippen molar-refractivity contribution in [2.24, 2.45) is 5.92 Å². The van der Waals surface area contributed by atoms with Gasteiger partial charge in [-0.15, -0.1) is 0 Å². The second-order valence-corrected chi connectivity index (χ2v) is 4.90. The van der Waals surface area contributed by atoms with Gasteiger partial charge in [0.2, 0.25) is 0 Å². The Labute approximate surface area is 90.9 Å². The highest BCUT2D eigenvalue weighted by Crippen LogP contribution is 2.22. The van der Waals surface area contributed by atoms with Gasteiger partial charge in [-0.2, -0.15) is 4.37 Å². The maximum absolute atomic E-state index is 10.5. The molecule has 0 aliphatic rings. The number of aryl methyl sites for hydroxylation is 1. The standard InChI is InChI=1S/C8H12N2O2S2/c1-3-6-9-8(14-10-6)13-4-5(2)7(11)12/h5H,3-4H2,1-2H3,(H,11,12). The number of nitrogens with zero attached hydrogens (tertiary/aromatic N) is 2. The Morgan fingerprint density at radius 3 is 2.93 bits per heavy atom. The summed E-state index contributed by atoms with van der Waals surface area (Å²) in [6.07, 6.45) is 0.825. The van der Waals surface area contributed by atoms with Crippen LogP contribution in [0, 0.1) is 5.92 Å². The van der Waals surface area contributed by atoms with Crippen LogP contribution in [0.4, 0.5) is 0 Å². The normalized spacial score (nSPS) is 12.7. The Morgan fingerprint density at radius 1 is 1.71 bits per heavy atom. The first-order valence-electron chi connectivity index (χ1n) is 4.31. The zero-order chi connectivity index (χ0) is 10.6. The molecule has 0 saturated heterocycles. The topological polar surface area (TPSA) is 63.1 Å². The van der Waals surface area contributed by atoms with E-state index < -0.39 is 5.97 Å². The molecule has 0 aliphatic carbocycles. The summed E-state index contributed by atoms with van der Waals surface area (Å²) in [4.78, 5) is 14.8. The number of thioether (sulfide) groups is 1. The summed E-state index contributed by atoms with van der Waals surface area (Å²) in [5.41, 5.74) is 0. The van der Waals surface area contributed by atoms with Crippen molar-refractivity contribution in [1.29, 1.82) is 0 Å². The zero-order valence-electron chi connectivity index (χ0n) is 8.06. The van der Waals surface area contributed by atoms with Gasteiger partial charge in [0, 0.05) is 12.2 Å². The Kier molecular flexibility index (Phi) is 4.34. The van der Waals surface area contributed by atoms with E-state index in [0.717, 1.165) is 16.6 Å². The van der Waals surface area contributed by atoms with Crippen LogP contribution < -0.4 is 0 Å². The molecule has 0 aromatic carbocycles. The van der Waals surface area contributed by atoms with E-state index in [4.69, 9.17) is 5.11 Å². The van der Waals surface area contributed by atoms with Crippen molar-refractivity contribution in [2.45, 2.75) is 24.6 Å². The molecule has 14 heavy (non-hydrogen) atoms. The van der Waals surface area contributed by atoms with E-state index in [1.807, 2.05) is 6.92 Å². The summed E-state index contributed by atoms with van der Waals surface area (Å²) in [6, 6.07) is 0. The van der Waals surface area contributed by atoms with E-state index in [-0.39, 0.29) is 5.92 Å². The van der Waals surface area contributed by atoms with Gasteiger partial charge in [0.15, 0.2) is 4.34 Å². The van der Waals surface area contributed by atoms with Crippen molar-refractivity contribution < 1.29 is 9.90 Å². The molecule has 4 nitrogen and oxygen atoms in total. The third-order valence-corrected chi connectivity index (χ3v) is 3.78. The predicted octanol–water partition coefficient (Wildman–Crippen LogP) is 1.91. The van der Waals surface area contributed by atoms with Gasteiger partial charge < -0.3 is 5.11 Å². The molecular formula is C8H12N2O2S2. The lowest BCUT2D eigenvalue weighted by atomic mass is 10.2. The molecule has 1 unspecified atom stereocenters. The van der Waals surface area contributed by atoms with Crippen LogP contribution in [0.3, 0.4) is 0 Å². The van der Waals surface area contributed by atoms with Gasteiger partial charge in [-0.25, -0.2) is 4.98 Å². The van der Waals surface area contributed by atoms with E-state index in [1.165, 1.54) is 23.3 Å². The molecule has 0 fully saturated rings. The fourth-order valence-corrected chi connectivity index (χ4v) is 2.44. The first-order chi connectivity index (χ1) is 6.63. The Hall–Kier alpha value is -0.620. The Bertz CT molecular complexity index is 314. The molecule has 1 aromatic heterocycles. The van der Waals surface area contributed by atoms with Crippen LogP contribution in [0.15, 0.2) is 4.34 Å². The van der Waals surface area contributed by atoms with E-state index in [0.29, 0.717) is 5.75 Å². The molecule has 0 aliphatic heterocycles. The lowest BCUT2D eigenvalue weighted by Gasteiger charge is -2.01. The van der Waals surface area contributed by atoms with Gasteiger partial charge in [0.1, 0.15) is 5.82 Å². The fraction of sp³-hybridized carbons (Fsp3) is 0.625. The number of hydrogen-bond acceptors (Lipinski definition) is 5. The third kappa shape index (κ3) is 3.26. The second-order valence-electron chi connectivity index (χ2n) is 2.88. The molecular weight excluding hydrogens is 220 g/mol. The maximum atomic E-state index is 10.5. The number of carbonyl (C=O) groups is 1. The van der Waals surface area contributed by atoms with E-state index in [1.54, 1.807) is 6.92 Å². The average Bonchev–Trinajstić information content (AvgIpc) is 2.61. The SMILES string of the molecule is CCc1nsc(SCC(C)C(=O)O)n1. The molecule has 0 radical (unpaired) electrons.